The van der Waals surface area contributed by atoms with Gasteiger partial charge in [-0.25, -0.2) is 4.98 Å². The molecule has 1 aromatic heterocycles. The molecule has 1 aromatic rings. The summed E-state index contributed by atoms with van der Waals surface area (Å²) in [5, 5.41) is 3.42. The normalized spacial score (nSPS) is 16.7. The van der Waals surface area contributed by atoms with Crippen LogP contribution in [0.4, 0.5) is 5.82 Å². The number of rotatable bonds is 4. The Balaban J connectivity index is 0.00000364. The van der Waals surface area contributed by atoms with E-state index in [0.717, 1.165) is 32.1 Å². The van der Waals surface area contributed by atoms with Gasteiger partial charge in [0.2, 0.25) is 0 Å². The number of aliphatic imine (C=N–C) groups is 1. The van der Waals surface area contributed by atoms with Gasteiger partial charge in [0.1, 0.15) is 0 Å². The molecule has 0 bridgehead atoms. The van der Waals surface area contributed by atoms with E-state index in [9.17, 15) is 4.79 Å². The lowest BCUT2D eigenvalue weighted by atomic mass is 9.89. The van der Waals surface area contributed by atoms with Crippen LogP contribution in [0.2, 0.25) is 0 Å². The van der Waals surface area contributed by atoms with Crippen molar-refractivity contribution in [3.63, 3.8) is 0 Å². The third-order valence-electron chi connectivity index (χ3n) is 4.79. The van der Waals surface area contributed by atoms with Crippen molar-refractivity contribution >= 4 is 35.8 Å². The summed E-state index contributed by atoms with van der Waals surface area (Å²) in [7, 11) is 5.28. The van der Waals surface area contributed by atoms with E-state index in [-0.39, 0.29) is 41.1 Å². The quantitative estimate of drug-likeness (QED) is 0.387. The van der Waals surface area contributed by atoms with Crippen LogP contribution < -0.4 is 15.8 Å². The van der Waals surface area contributed by atoms with Crippen molar-refractivity contribution in [3.8, 4) is 0 Å². The number of guanidine groups is 1. The molecule has 0 radical (unpaired) electrons. The van der Waals surface area contributed by atoms with E-state index in [1.165, 1.54) is 0 Å². The topological polar surface area (TPSA) is 75.0 Å². The maximum atomic E-state index is 12.2. The van der Waals surface area contributed by atoms with Gasteiger partial charge in [-0.15, -0.1) is 24.0 Å². The molecule has 0 aliphatic carbocycles. The van der Waals surface area contributed by atoms with E-state index in [2.05, 4.69) is 41.0 Å². The number of nitrogens with one attached hydrogen (secondary N) is 1. The Kier molecular flexibility index (Phi) is 9.00. The van der Waals surface area contributed by atoms with Gasteiger partial charge in [0.05, 0.1) is 6.10 Å². The molecule has 1 aliphatic rings. The van der Waals surface area contributed by atoms with E-state index in [0.29, 0.717) is 12.4 Å². The molecule has 0 amide bonds. The zero-order chi connectivity index (χ0) is 19.3. The molecule has 1 fully saturated rings. The molecule has 0 spiro atoms. The Bertz CT molecular complexity index is 677. The Hall–Kier alpha value is -1.36. The van der Waals surface area contributed by atoms with Crippen molar-refractivity contribution in [2.24, 2.45) is 17.5 Å². The number of piperazine rings is 1. The predicted octanol–water partition coefficient (Wildman–Crippen LogP) is 1.16. The summed E-state index contributed by atoms with van der Waals surface area (Å²) in [5.74, 6) is 1.38. The molecule has 1 atom stereocenters. The van der Waals surface area contributed by atoms with E-state index >= 15 is 0 Å². The zero-order valence-electron chi connectivity index (χ0n) is 17.2. The molecule has 154 valence electrons. The molecule has 1 unspecified atom stereocenters. The van der Waals surface area contributed by atoms with Gasteiger partial charge >= 0.3 is 0 Å². The van der Waals surface area contributed by atoms with Crippen molar-refractivity contribution in [3.05, 3.63) is 22.7 Å². The molecular formula is C18H33IN6O2. The summed E-state index contributed by atoms with van der Waals surface area (Å²) in [5.41, 5.74) is -0.00483. The van der Waals surface area contributed by atoms with Crippen LogP contribution in [0.1, 0.15) is 20.8 Å². The number of aromatic nitrogens is 2. The number of hydrogen-bond donors (Lipinski definition) is 1. The summed E-state index contributed by atoms with van der Waals surface area (Å²) in [4.78, 5) is 25.2. The highest BCUT2D eigenvalue weighted by atomic mass is 127. The van der Waals surface area contributed by atoms with Gasteiger partial charge in [-0.3, -0.25) is 9.79 Å². The molecule has 27 heavy (non-hydrogen) atoms. The third kappa shape index (κ3) is 6.06. The van der Waals surface area contributed by atoms with Crippen molar-refractivity contribution in [2.75, 3.05) is 51.8 Å². The van der Waals surface area contributed by atoms with Crippen LogP contribution in [0.25, 0.3) is 0 Å². The van der Waals surface area contributed by atoms with Crippen LogP contribution in [0, 0.1) is 5.41 Å². The van der Waals surface area contributed by atoms with Crippen molar-refractivity contribution in [2.45, 2.75) is 26.9 Å². The molecule has 0 aromatic carbocycles. The first-order chi connectivity index (χ1) is 12.3. The lowest BCUT2D eigenvalue weighted by molar-refractivity contribution is 0.0201. The Morgan fingerprint density at radius 2 is 1.96 bits per heavy atom. The first-order valence-electron chi connectivity index (χ1n) is 9.03. The van der Waals surface area contributed by atoms with Crippen molar-refractivity contribution < 1.29 is 4.74 Å². The van der Waals surface area contributed by atoms with E-state index in [1.54, 1.807) is 38.2 Å². The second kappa shape index (κ2) is 10.3. The minimum absolute atomic E-state index is 0. The summed E-state index contributed by atoms with van der Waals surface area (Å²) in [6, 6.07) is 0. The van der Waals surface area contributed by atoms with Crippen LogP contribution in [0.15, 0.2) is 22.2 Å². The van der Waals surface area contributed by atoms with E-state index in [4.69, 9.17) is 4.74 Å². The average Bonchev–Trinajstić information content (AvgIpc) is 2.60. The molecular weight excluding hydrogens is 459 g/mol. The van der Waals surface area contributed by atoms with Gasteiger partial charge in [0.25, 0.3) is 5.56 Å². The van der Waals surface area contributed by atoms with Gasteiger partial charge in [0.15, 0.2) is 11.8 Å². The number of anilines is 1. The van der Waals surface area contributed by atoms with Gasteiger partial charge < -0.3 is 24.4 Å². The Morgan fingerprint density at radius 3 is 2.48 bits per heavy atom. The number of methoxy groups -OCH3 is 1. The summed E-state index contributed by atoms with van der Waals surface area (Å²) in [6.45, 7) is 10.2. The molecule has 1 saturated heterocycles. The lowest BCUT2D eigenvalue weighted by Crippen LogP contribution is -2.55. The van der Waals surface area contributed by atoms with Crippen molar-refractivity contribution in [1.82, 2.24) is 19.8 Å². The number of aryl methyl sites for hydroxylation is 1. The second-order valence-electron chi connectivity index (χ2n) is 7.66. The number of nitrogens with zero attached hydrogens (tertiary/aromatic N) is 5. The number of ether oxygens (including phenoxy) is 1. The predicted molar refractivity (Wildman–Crippen MR) is 120 cm³/mol. The van der Waals surface area contributed by atoms with Crippen molar-refractivity contribution in [1.29, 1.82) is 0 Å². The van der Waals surface area contributed by atoms with Gasteiger partial charge in [-0.05, 0) is 5.41 Å². The van der Waals surface area contributed by atoms with Gasteiger partial charge in [-0.2, -0.15) is 0 Å². The molecule has 2 heterocycles. The first-order valence-corrected chi connectivity index (χ1v) is 9.03. The first kappa shape index (κ1) is 23.7. The fraction of sp³-hybridized carbons (Fsp3) is 0.722. The molecule has 9 heteroatoms. The lowest BCUT2D eigenvalue weighted by Gasteiger charge is -2.37. The fourth-order valence-electron chi connectivity index (χ4n) is 3.09. The fourth-order valence-corrected chi connectivity index (χ4v) is 3.09. The van der Waals surface area contributed by atoms with Gasteiger partial charge in [-0.1, -0.05) is 20.8 Å². The minimum atomic E-state index is -0.0587. The smallest absolute Gasteiger partial charge is 0.293 e. The monoisotopic (exact) mass is 492 g/mol. The Morgan fingerprint density at radius 1 is 1.33 bits per heavy atom. The molecule has 1 aliphatic heterocycles. The minimum Gasteiger partial charge on any atom is -0.379 e. The SMILES string of the molecule is CN=C(NCC(OC)C(C)(C)C)N1CCN(c2nccn(C)c2=O)CC1.I. The Labute approximate surface area is 179 Å². The molecule has 8 nitrogen and oxygen atoms in total. The highest BCUT2D eigenvalue weighted by Crippen LogP contribution is 2.21. The zero-order valence-corrected chi connectivity index (χ0v) is 19.6. The van der Waals surface area contributed by atoms with Crippen LogP contribution in [-0.2, 0) is 11.8 Å². The second-order valence-corrected chi connectivity index (χ2v) is 7.66. The summed E-state index contributed by atoms with van der Waals surface area (Å²) in [6.07, 6.45) is 3.44. The largest absolute Gasteiger partial charge is 0.379 e. The van der Waals surface area contributed by atoms with Gasteiger partial charge in [0, 0.05) is 66.3 Å². The van der Waals surface area contributed by atoms with Crippen LogP contribution in [0.3, 0.4) is 0 Å². The average molecular weight is 492 g/mol. The van der Waals surface area contributed by atoms with E-state index < -0.39 is 0 Å². The highest BCUT2D eigenvalue weighted by Gasteiger charge is 2.26. The van der Waals surface area contributed by atoms with E-state index in [1.807, 2.05) is 4.90 Å². The number of halogens is 1. The highest BCUT2D eigenvalue weighted by molar-refractivity contribution is 14.0. The van der Waals surface area contributed by atoms with Crippen LogP contribution in [0.5, 0.6) is 0 Å². The third-order valence-corrected chi connectivity index (χ3v) is 4.79. The molecule has 1 N–H and O–H groups in total. The molecule has 2 rings (SSSR count). The van der Waals surface area contributed by atoms with Crippen LogP contribution in [-0.4, -0.2) is 73.4 Å². The van der Waals surface area contributed by atoms with Crippen LogP contribution >= 0.6 is 24.0 Å². The summed E-state index contributed by atoms with van der Waals surface area (Å²) >= 11 is 0. The summed E-state index contributed by atoms with van der Waals surface area (Å²) < 4.78 is 7.17. The standard InChI is InChI=1S/C18H32N6O2.HI/c1-18(2,3)14(26-6)13-21-17(19-4)24-11-9-23(10-12-24)15-16(25)22(5)8-7-20-15;/h7-8,14H,9-13H2,1-6H3,(H,19,21);1H. The maximum absolute atomic E-state index is 12.2. The maximum Gasteiger partial charge on any atom is 0.293 e. The molecule has 0 saturated carbocycles. The number of hydrogen-bond acceptors (Lipinski definition) is 5.